The fourth-order valence-electron chi connectivity index (χ4n) is 4.77. The normalized spacial score (nSPS) is 22.4. The van der Waals surface area contributed by atoms with E-state index in [1.807, 2.05) is 0 Å². The van der Waals surface area contributed by atoms with Crippen molar-refractivity contribution in [2.24, 2.45) is 11.7 Å². The molecule has 3 atom stereocenters. The number of alkyl halides is 3. The number of nitrogens with zero attached hydrogens (tertiary/aromatic N) is 4. The Morgan fingerprint density at radius 1 is 1.16 bits per heavy atom. The predicted octanol–water partition coefficient (Wildman–Crippen LogP) is 3.29. The van der Waals surface area contributed by atoms with Gasteiger partial charge < -0.3 is 26.6 Å². The van der Waals surface area contributed by atoms with Crippen molar-refractivity contribution in [3.63, 3.8) is 0 Å². The second-order valence-electron chi connectivity index (χ2n) is 8.80. The molecule has 0 radical (unpaired) electrons. The monoisotopic (exact) mass is 545 g/mol. The lowest BCUT2D eigenvalue weighted by atomic mass is 9.87. The van der Waals surface area contributed by atoms with Crippen molar-refractivity contribution in [3.8, 4) is 0 Å². The van der Waals surface area contributed by atoms with Gasteiger partial charge in [-0.25, -0.2) is 9.97 Å². The molecule has 2 aromatic rings. The Bertz CT molecular complexity index is 1170. The summed E-state index contributed by atoms with van der Waals surface area (Å²) in [4.78, 5) is 36.3. The van der Waals surface area contributed by atoms with Crippen molar-refractivity contribution in [2.75, 3.05) is 35.6 Å². The number of anilines is 3. The van der Waals surface area contributed by atoms with Crippen LogP contribution >= 0.6 is 11.6 Å². The van der Waals surface area contributed by atoms with E-state index in [-0.39, 0.29) is 49.3 Å². The third-order valence-corrected chi connectivity index (χ3v) is 6.70. The molecule has 2 amide bonds. The first-order valence-corrected chi connectivity index (χ1v) is 11.6. The van der Waals surface area contributed by atoms with Crippen LogP contribution in [0.25, 0.3) is 0 Å². The number of likely N-dealkylation sites (tertiary alicyclic amines) is 1. The maximum Gasteiger partial charge on any atom is 0.416 e. The molecule has 1 aromatic heterocycles. The van der Waals surface area contributed by atoms with E-state index >= 15 is 0 Å². The summed E-state index contributed by atoms with van der Waals surface area (Å²) in [6.45, 7) is 0.621. The summed E-state index contributed by atoms with van der Waals surface area (Å²) in [6, 6.07) is 1.44. The van der Waals surface area contributed by atoms with Gasteiger partial charge in [-0.1, -0.05) is 19.0 Å². The van der Waals surface area contributed by atoms with Crippen LogP contribution in [0.15, 0.2) is 24.5 Å². The van der Waals surface area contributed by atoms with Crippen LogP contribution in [0.5, 0.6) is 0 Å². The minimum Gasteiger partial charge on any atom is -0.381 e. The molecule has 0 spiro atoms. The molecule has 9 nitrogen and oxygen atoms in total. The molecular weight excluding hydrogens is 518 g/mol. The van der Waals surface area contributed by atoms with Gasteiger partial charge >= 0.3 is 6.18 Å². The highest BCUT2D eigenvalue weighted by Gasteiger charge is 2.43. The number of carbonyl (C=O) groups excluding carboxylic acids is 2. The minimum absolute atomic E-state index is 0. The Labute approximate surface area is 216 Å². The Balaban J connectivity index is 0.00000380. The number of rotatable bonds is 5. The van der Waals surface area contributed by atoms with Gasteiger partial charge in [0.1, 0.15) is 12.4 Å². The summed E-state index contributed by atoms with van der Waals surface area (Å²) in [5.41, 5.74) is 10.3. The fourth-order valence-corrected chi connectivity index (χ4v) is 5.00. The summed E-state index contributed by atoms with van der Waals surface area (Å²) in [7, 11) is 0. The van der Waals surface area contributed by atoms with Gasteiger partial charge in [0.2, 0.25) is 17.6 Å². The molecule has 2 aliphatic heterocycles. The number of halogens is 5. The van der Waals surface area contributed by atoms with E-state index in [2.05, 4.69) is 15.3 Å². The van der Waals surface area contributed by atoms with E-state index in [0.29, 0.717) is 19.4 Å². The first-order valence-electron chi connectivity index (χ1n) is 11.2. The zero-order valence-electron chi connectivity index (χ0n) is 18.9. The number of aromatic nitrogens is 2. The smallest absolute Gasteiger partial charge is 0.381 e. The number of benzene rings is 1. The highest BCUT2D eigenvalue weighted by atomic mass is 35.5. The molecule has 2 saturated heterocycles. The van der Waals surface area contributed by atoms with Crippen molar-refractivity contribution in [2.45, 2.75) is 44.9 Å². The van der Waals surface area contributed by atoms with E-state index in [1.54, 1.807) is 4.90 Å². The van der Waals surface area contributed by atoms with Crippen LogP contribution in [0.3, 0.4) is 0 Å². The first-order chi connectivity index (χ1) is 17.0. The van der Waals surface area contributed by atoms with Gasteiger partial charge in [0.15, 0.2) is 11.6 Å². The van der Waals surface area contributed by atoms with E-state index in [4.69, 9.17) is 23.1 Å². The van der Waals surface area contributed by atoms with Crippen molar-refractivity contribution >= 4 is 40.7 Å². The van der Waals surface area contributed by atoms with Gasteiger partial charge in [-0.05, 0) is 37.5 Å². The number of primary amides is 1. The summed E-state index contributed by atoms with van der Waals surface area (Å²) < 4.78 is 54.2. The summed E-state index contributed by atoms with van der Waals surface area (Å²) in [6.07, 6.45) is -2.36. The van der Waals surface area contributed by atoms with Gasteiger partial charge in [0.25, 0.3) is 0 Å². The molecule has 5 N–H and O–H groups in total. The Morgan fingerprint density at radius 3 is 2.57 bits per heavy atom. The van der Waals surface area contributed by atoms with Crippen molar-refractivity contribution in [3.05, 3.63) is 40.9 Å². The maximum atomic E-state index is 14.6. The summed E-state index contributed by atoms with van der Waals surface area (Å²) >= 11 is 5.87. The van der Waals surface area contributed by atoms with Crippen LogP contribution in [0.4, 0.5) is 34.9 Å². The summed E-state index contributed by atoms with van der Waals surface area (Å²) in [5.74, 6) is -2.89. The molecule has 202 valence electrons. The second-order valence-corrected chi connectivity index (χ2v) is 9.24. The quantitative estimate of drug-likeness (QED) is 0.491. The molecule has 0 bridgehead atoms. The highest BCUT2D eigenvalue weighted by molar-refractivity contribution is 6.31. The third-order valence-electron chi connectivity index (χ3n) is 6.48. The minimum atomic E-state index is -4.61. The van der Waals surface area contributed by atoms with Gasteiger partial charge in [0, 0.05) is 30.3 Å². The number of hydrogen-bond acceptors (Lipinski definition) is 7. The number of amides is 2. The van der Waals surface area contributed by atoms with E-state index in [9.17, 15) is 27.2 Å². The van der Waals surface area contributed by atoms with Crippen molar-refractivity contribution in [1.29, 1.82) is 0 Å². The highest BCUT2D eigenvalue weighted by Crippen LogP contribution is 2.35. The number of nitrogens with one attached hydrogen (secondary N) is 1. The van der Waals surface area contributed by atoms with E-state index < -0.39 is 47.4 Å². The average molecular weight is 546 g/mol. The molecule has 0 saturated carbocycles. The number of carbonyl (C=O) groups is 2. The van der Waals surface area contributed by atoms with Gasteiger partial charge in [-0.2, -0.15) is 17.6 Å². The average Bonchev–Trinajstić information content (AvgIpc) is 2.81. The van der Waals surface area contributed by atoms with Crippen molar-refractivity contribution < 1.29 is 27.2 Å². The van der Waals surface area contributed by atoms with Crippen LogP contribution in [-0.4, -0.2) is 58.4 Å². The van der Waals surface area contributed by atoms with Gasteiger partial charge in [-0.15, -0.1) is 0 Å². The molecule has 37 heavy (non-hydrogen) atoms. The zero-order chi connectivity index (χ0) is 26.2. The topological polar surface area (TPSA) is 130 Å². The Kier molecular flexibility index (Phi) is 8.35. The molecule has 2 fully saturated rings. The van der Waals surface area contributed by atoms with E-state index in [1.165, 1.54) is 11.0 Å². The van der Waals surface area contributed by atoms with Gasteiger partial charge in [-0.3, -0.25) is 9.59 Å². The fraction of sp³-hybridized carbons (Fsp3) is 0.478. The maximum absolute atomic E-state index is 14.6. The molecule has 0 aliphatic carbocycles. The lowest BCUT2D eigenvalue weighted by Gasteiger charge is -2.46. The first kappa shape index (κ1) is 28.2. The lowest BCUT2D eigenvalue weighted by Crippen LogP contribution is -2.61. The number of nitrogens with two attached hydrogens (primary N) is 2. The third kappa shape index (κ3) is 5.97. The molecule has 2 aliphatic rings. The van der Waals surface area contributed by atoms with Crippen LogP contribution < -0.4 is 21.7 Å². The van der Waals surface area contributed by atoms with Crippen LogP contribution in [0.1, 0.15) is 32.3 Å². The summed E-state index contributed by atoms with van der Waals surface area (Å²) in [5, 5.41) is 2.72. The zero-order valence-corrected chi connectivity index (χ0v) is 19.7. The Hall–Kier alpha value is -3.35. The van der Waals surface area contributed by atoms with Crippen LogP contribution in [-0.2, 0) is 15.8 Å². The van der Waals surface area contributed by atoms with E-state index in [0.717, 1.165) is 18.5 Å². The second kappa shape index (κ2) is 11.0. The van der Waals surface area contributed by atoms with Crippen LogP contribution in [0.2, 0.25) is 5.02 Å². The standard InChI is InChI=1S/C22H24ClF4N7O2.CH4/c23-12-6-11(22(25,26)27)7-13(8-12)32-15-2-1-4-34(21(15)36)16-9-33(5-3-14(16)19(29)35)20-17(24)18(28)30-10-31-20;/h6-8,10,14-16,32H,1-5,9H2,(H2,29,35)(H2,28,30,31);1H4/t14-,15?,16-;/m0./s1. The number of nitrogen functional groups attached to an aromatic ring is 1. The van der Waals surface area contributed by atoms with Crippen molar-refractivity contribution in [1.82, 2.24) is 14.9 Å². The Morgan fingerprint density at radius 2 is 1.89 bits per heavy atom. The number of hydrogen-bond donors (Lipinski definition) is 3. The molecule has 1 aromatic carbocycles. The molecular formula is C23H28ClF4N7O2. The lowest BCUT2D eigenvalue weighted by molar-refractivity contribution is -0.140. The van der Waals surface area contributed by atoms with Crippen LogP contribution in [0, 0.1) is 11.7 Å². The number of piperidine rings is 2. The predicted molar refractivity (Wildman–Crippen MR) is 131 cm³/mol. The molecule has 3 heterocycles. The molecule has 1 unspecified atom stereocenters. The largest absolute Gasteiger partial charge is 0.416 e. The molecule has 4 rings (SSSR count). The SMILES string of the molecule is C.NC(=O)[C@H]1CCN(c2ncnc(N)c2F)C[C@@H]1N1CCCC(Nc2cc(Cl)cc(C(F)(F)F)c2)C1=O. The van der Waals surface area contributed by atoms with Gasteiger partial charge in [0.05, 0.1) is 17.5 Å². The molecule has 14 heteroatoms.